The van der Waals surface area contributed by atoms with Crippen molar-refractivity contribution in [2.75, 3.05) is 7.05 Å². The number of pyridine rings is 1. The number of rotatable bonds is 5. The maximum Gasteiger partial charge on any atom is 0.0670 e. The molecule has 94 valence electrons. The highest BCUT2D eigenvalue weighted by atomic mass is 15.2. The quantitative estimate of drug-likeness (QED) is 0.847. The van der Waals surface area contributed by atoms with Gasteiger partial charge in [-0.1, -0.05) is 6.07 Å². The summed E-state index contributed by atoms with van der Waals surface area (Å²) < 4.78 is 0. The first kappa shape index (κ1) is 12.5. The van der Waals surface area contributed by atoms with Crippen LogP contribution in [0.3, 0.4) is 0 Å². The van der Waals surface area contributed by atoms with Gasteiger partial charge in [-0.25, -0.2) is 0 Å². The van der Waals surface area contributed by atoms with E-state index in [0.717, 1.165) is 11.6 Å². The summed E-state index contributed by atoms with van der Waals surface area (Å²) in [7, 11) is 2.17. The standard InChI is InChI=1S/C14H23N3/c1-10(15)14(13-6-4-5-9-16-13)17(3)11(2)12-7-8-12/h4-6,9-12,14H,7-8,15H2,1-3H3. The molecule has 0 amide bonds. The summed E-state index contributed by atoms with van der Waals surface area (Å²) in [6.07, 6.45) is 4.57. The topological polar surface area (TPSA) is 42.1 Å². The van der Waals surface area contributed by atoms with Gasteiger partial charge in [-0.2, -0.15) is 0 Å². The molecule has 1 aromatic rings. The summed E-state index contributed by atoms with van der Waals surface area (Å²) in [5.74, 6) is 0.852. The first-order chi connectivity index (χ1) is 8.11. The average Bonchev–Trinajstić information content (AvgIpc) is 3.13. The third-order valence-corrected chi connectivity index (χ3v) is 3.87. The summed E-state index contributed by atoms with van der Waals surface area (Å²) >= 11 is 0. The molecule has 3 atom stereocenters. The van der Waals surface area contributed by atoms with Crippen LogP contribution in [0.1, 0.15) is 38.4 Å². The molecule has 1 aliphatic carbocycles. The van der Waals surface area contributed by atoms with E-state index in [1.54, 1.807) is 0 Å². The van der Waals surface area contributed by atoms with Gasteiger partial charge in [0.25, 0.3) is 0 Å². The summed E-state index contributed by atoms with van der Waals surface area (Å²) in [6.45, 7) is 4.37. The largest absolute Gasteiger partial charge is 0.326 e. The lowest BCUT2D eigenvalue weighted by molar-refractivity contribution is 0.146. The molecule has 2 rings (SSSR count). The molecule has 0 radical (unpaired) electrons. The van der Waals surface area contributed by atoms with Crippen molar-refractivity contribution in [3.63, 3.8) is 0 Å². The molecule has 0 bridgehead atoms. The van der Waals surface area contributed by atoms with Crippen molar-refractivity contribution >= 4 is 0 Å². The van der Waals surface area contributed by atoms with E-state index in [9.17, 15) is 0 Å². The van der Waals surface area contributed by atoms with Gasteiger partial charge >= 0.3 is 0 Å². The minimum Gasteiger partial charge on any atom is -0.326 e. The normalized spacial score (nSPS) is 21.2. The Hall–Kier alpha value is -0.930. The number of aromatic nitrogens is 1. The maximum absolute atomic E-state index is 6.15. The van der Waals surface area contributed by atoms with Gasteiger partial charge in [-0.3, -0.25) is 9.88 Å². The molecule has 17 heavy (non-hydrogen) atoms. The molecule has 1 saturated carbocycles. The van der Waals surface area contributed by atoms with E-state index in [4.69, 9.17) is 5.73 Å². The van der Waals surface area contributed by atoms with Crippen LogP contribution in [-0.4, -0.2) is 29.0 Å². The van der Waals surface area contributed by atoms with Gasteiger partial charge in [0.15, 0.2) is 0 Å². The van der Waals surface area contributed by atoms with Gasteiger partial charge in [-0.05, 0) is 51.8 Å². The zero-order valence-electron chi connectivity index (χ0n) is 11.0. The fourth-order valence-electron chi connectivity index (χ4n) is 2.56. The predicted octanol–water partition coefficient (Wildman–Crippen LogP) is 2.20. The van der Waals surface area contributed by atoms with Gasteiger partial charge in [0.05, 0.1) is 11.7 Å². The number of nitrogens with two attached hydrogens (primary N) is 1. The molecule has 0 spiro atoms. The molecule has 3 heteroatoms. The highest BCUT2D eigenvalue weighted by molar-refractivity contribution is 5.11. The van der Waals surface area contributed by atoms with Gasteiger partial charge in [0, 0.05) is 18.3 Å². The number of nitrogens with zero attached hydrogens (tertiary/aromatic N) is 2. The van der Waals surface area contributed by atoms with E-state index in [-0.39, 0.29) is 12.1 Å². The van der Waals surface area contributed by atoms with Crippen molar-refractivity contribution in [3.8, 4) is 0 Å². The fourth-order valence-corrected chi connectivity index (χ4v) is 2.56. The molecule has 1 aliphatic rings. The fraction of sp³-hybridized carbons (Fsp3) is 0.643. The first-order valence-electron chi connectivity index (χ1n) is 6.49. The second kappa shape index (κ2) is 5.15. The molecule has 1 heterocycles. The van der Waals surface area contributed by atoms with Crippen molar-refractivity contribution in [2.24, 2.45) is 11.7 Å². The van der Waals surface area contributed by atoms with E-state index in [1.807, 2.05) is 18.3 Å². The van der Waals surface area contributed by atoms with Crippen LogP contribution >= 0.6 is 0 Å². The second-order valence-corrected chi connectivity index (χ2v) is 5.30. The van der Waals surface area contributed by atoms with E-state index < -0.39 is 0 Å². The van der Waals surface area contributed by atoms with Gasteiger partial charge < -0.3 is 5.73 Å². The third kappa shape index (κ3) is 2.85. The number of likely N-dealkylation sites (N-methyl/N-ethyl adjacent to an activating group) is 1. The average molecular weight is 233 g/mol. The first-order valence-corrected chi connectivity index (χ1v) is 6.49. The van der Waals surface area contributed by atoms with Crippen LogP contribution in [0.25, 0.3) is 0 Å². The Bertz CT molecular complexity index is 346. The zero-order valence-corrected chi connectivity index (χ0v) is 11.0. The maximum atomic E-state index is 6.15. The summed E-state index contributed by atoms with van der Waals surface area (Å²) in [4.78, 5) is 6.86. The molecule has 2 N–H and O–H groups in total. The number of hydrogen-bond acceptors (Lipinski definition) is 3. The molecule has 3 unspecified atom stereocenters. The van der Waals surface area contributed by atoms with Crippen molar-refractivity contribution in [3.05, 3.63) is 30.1 Å². The van der Waals surface area contributed by atoms with E-state index in [0.29, 0.717) is 6.04 Å². The number of hydrogen-bond donors (Lipinski definition) is 1. The molecular weight excluding hydrogens is 210 g/mol. The Kier molecular flexibility index (Phi) is 3.79. The van der Waals surface area contributed by atoms with E-state index >= 15 is 0 Å². The second-order valence-electron chi connectivity index (χ2n) is 5.30. The minimum absolute atomic E-state index is 0.0936. The van der Waals surface area contributed by atoms with E-state index in [2.05, 4.69) is 36.8 Å². The zero-order chi connectivity index (χ0) is 12.4. The lowest BCUT2D eigenvalue weighted by Gasteiger charge is -2.35. The molecule has 0 aliphatic heterocycles. The SMILES string of the molecule is CC(N)C(c1ccccn1)N(C)C(C)C1CC1. The summed E-state index contributed by atoms with van der Waals surface area (Å²) in [5, 5.41) is 0. The molecular formula is C14H23N3. The van der Waals surface area contributed by atoms with Crippen molar-refractivity contribution in [2.45, 2.75) is 44.8 Å². The summed E-state index contributed by atoms with van der Waals surface area (Å²) in [5.41, 5.74) is 7.23. The van der Waals surface area contributed by atoms with Crippen molar-refractivity contribution in [1.29, 1.82) is 0 Å². The van der Waals surface area contributed by atoms with Crippen molar-refractivity contribution < 1.29 is 0 Å². The molecule has 0 saturated heterocycles. The Balaban J connectivity index is 2.16. The van der Waals surface area contributed by atoms with Crippen LogP contribution in [0, 0.1) is 5.92 Å². The molecule has 3 nitrogen and oxygen atoms in total. The van der Waals surface area contributed by atoms with Crippen LogP contribution < -0.4 is 5.73 Å². The third-order valence-electron chi connectivity index (χ3n) is 3.87. The van der Waals surface area contributed by atoms with Crippen LogP contribution in [0.2, 0.25) is 0 Å². The molecule has 1 fully saturated rings. The van der Waals surface area contributed by atoms with E-state index in [1.165, 1.54) is 12.8 Å². The lowest BCUT2D eigenvalue weighted by Crippen LogP contribution is -2.43. The summed E-state index contributed by atoms with van der Waals surface area (Å²) in [6, 6.07) is 6.96. The van der Waals surface area contributed by atoms with Gasteiger partial charge in [0.2, 0.25) is 0 Å². The Morgan fingerprint density at radius 1 is 1.35 bits per heavy atom. The van der Waals surface area contributed by atoms with Crippen LogP contribution in [0.4, 0.5) is 0 Å². The van der Waals surface area contributed by atoms with Crippen LogP contribution in [0.15, 0.2) is 24.4 Å². The highest BCUT2D eigenvalue weighted by Gasteiger charge is 2.35. The van der Waals surface area contributed by atoms with Crippen molar-refractivity contribution in [1.82, 2.24) is 9.88 Å². The van der Waals surface area contributed by atoms with Gasteiger partial charge in [-0.15, -0.1) is 0 Å². The van der Waals surface area contributed by atoms with Crippen LogP contribution in [0.5, 0.6) is 0 Å². The van der Waals surface area contributed by atoms with Crippen LogP contribution in [-0.2, 0) is 0 Å². The molecule has 0 aromatic carbocycles. The lowest BCUT2D eigenvalue weighted by atomic mass is 10.0. The Morgan fingerprint density at radius 2 is 2.06 bits per heavy atom. The Labute approximate surface area is 104 Å². The highest BCUT2D eigenvalue weighted by Crippen LogP contribution is 2.37. The Morgan fingerprint density at radius 3 is 2.53 bits per heavy atom. The monoisotopic (exact) mass is 233 g/mol. The predicted molar refractivity (Wildman–Crippen MR) is 70.6 cm³/mol. The van der Waals surface area contributed by atoms with Gasteiger partial charge in [0.1, 0.15) is 0 Å². The minimum atomic E-state index is 0.0936. The molecule has 1 aromatic heterocycles. The smallest absolute Gasteiger partial charge is 0.0670 e.